The molecule has 0 aromatic heterocycles. The minimum atomic E-state index is -2.86. The molecule has 1 aromatic rings. The predicted octanol–water partition coefficient (Wildman–Crippen LogP) is 3.39. The zero-order valence-electron chi connectivity index (χ0n) is 13.8. The third-order valence-electron chi connectivity index (χ3n) is 4.18. The highest BCUT2D eigenvalue weighted by Crippen LogP contribution is 2.31. The number of rotatable bonds is 7. The summed E-state index contributed by atoms with van der Waals surface area (Å²) in [5, 5.41) is 0. The smallest absolute Gasteiger partial charge is 0.387 e. The van der Waals surface area contributed by atoms with Gasteiger partial charge in [0.15, 0.2) is 11.5 Å². The zero-order valence-corrected chi connectivity index (χ0v) is 13.8. The van der Waals surface area contributed by atoms with Gasteiger partial charge in [-0.2, -0.15) is 8.78 Å². The summed E-state index contributed by atoms with van der Waals surface area (Å²) in [6.07, 6.45) is 3.46. The monoisotopic (exact) mass is 328 g/mol. The van der Waals surface area contributed by atoms with Gasteiger partial charge in [0, 0.05) is 18.6 Å². The van der Waals surface area contributed by atoms with Gasteiger partial charge in [-0.1, -0.05) is 12.5 Å². The molecule has 1 fully saturated rings. The molecule has 23 heavy (non-hydrogen) atoms. The molecule has 2 atom stereocenters. The van der Waals surface area contributed by atoms with Crippen molar-refractivity contribution in [2.75, 3.05) is 13.2 Å². The van der Waals surface area contributed by atoms with Crippen LogP contribution in [0.4, 0.5) is 8.78 Å². The zero-order chi connectivity index (χ0) is 16.8. The first-order chi connectivity index (χ1) is 11.0. The second-order valence-corrected chi connectivity index (χ2v) is 5.99. The molecule has 0 aliphatic carbocycles. The van der Waals surface area contributed by atoms with E-state index in [1.165, 1.54) is 6.42 Å². The highest BCUT2D eigenvalue weighted by molar-refractivity contribution is 5.43. The van der Waals surface area contributed by atoms with Gasteiger partial charge in [0.05, 0.1) is 6.61 Å². The summed E-state index contributed by atoms with van der Waals surface area (Å²) >= 11 is 0. The summed E-state index contributed by atoms with van der Waals surface area (Å²) in [7, 11) is 0. The molecule has 1 aliphatic rings. The Kier molecular flexibility index (Phi) is 6.59. The molecule has 0 saturated carbocycles. The Morgan fingerprint density at radius 2 is 2.09 bits per heavy atom. The number of ether oxygens (including phenoxy) is 2. The van der Waals surface area contributed by atoms with Crippen LogP contribution in [0, 0.1) is 0 Å². The number of nitrogens with zero attached hydrogens (tertiary/aromatic N) is 1. The van der Waals surface area contributed by atoms with Crippen LogP contribution in [0.15, 0.2) is 18.2 Å². The molecule has 1 saturated heterocycles. The van der Waals surface area contributed by atoms with Gasteiger partial charge in [0.1, 0.15) is 0 Å². The summed E-state index contributed by atoms with van der Waals surface area (Å²) in [6, 6.07) is 5.62. The fourth-order valence-electron chi connectivity index (χ4n) is 3.16. The molecule has 0 spiro atoms. The van der Waals surface area contributed by atoms with Crippen LogP contribution in [0.1, 0.15) is 38.7 Å². The van der Waals surface area contributed by atoms with E-state index in [2.05, 4.69) is 9.64 Å². The van der Waals surface area contributed by atoms with Crippen LogP contribution in [-0.4, -0.2) is 36.7 Å². The van der Waals surface area contributed by atoms with Crippen molar-refractivity contribution in [1.29, 1.82) is 0 Å². The van der Waals surface area contributed by atoms with E-state index in [1.54, 1.807) is 12.1 Å². The van der Waals surface area contributed by atoms with Crippen molar-refractivity contribution in [3.05, 3.63) is 23.8 Å². The van der Waals surface area contributed by atoms with Crippen LogP contribution >= 0.6 is 0 Å². The molecule has 0 amide bonds. The maximum atomic E-state index is 12.5. The summed E-state index contributed by atoms with van der Waals surface area (Å²) in [5.74, 6) is 0.438. The molecule has 2 N–H and O–H groups in total. The first kappa shape index (κ1) is 17.9. The van der Waals surface area contributed by atoms with Gasteiger partial charge in [-0.25, -0.2) is 0 Å². The van der Waals surface area contributed by atoms with Crippen molar-refractivity contribution in [2.45, 2.75) is 58.3 Å². The third kappa shape index (κ3) is 5.04. The largest absolute Gasteiger partial charge is 0.490 e. The molecule has 1 aliphatic heterocycles. The summed E-state index contributed by atoms with van der Waals surface area (Å²) in [5.41, 5.74) is 7.11. The van der Waals surface area contributed by atoms with E-state index >= 15 is 0 Å². The number of nitrogens with two attached hydrogens (primary N) is 1. The number of likely N-dealkylation sites (tertiary alicyclic amines) is 1. The molecule has 0 bridgehead atoms. The van der Waals surface area contributed by atoms with Crippen LogP contribution in [0.3, 0.4) is 0 Å². The lowest BCUT2D eigenvalue weighted by atomic mass is 9.96. The van der Waals surface area contributed by atoms with Crippen LogP contribution in [0.2, 0.25) is 0 Å². The van der Waals surface area contributed by atoms with Crippen molar-refractivity contribution in [1.82, 2.24) is 4.90 Å². The molecule has 4 nitrogen and oxygen atoms in total. The van der Waals surface area contributed by atoms with Gasteiger partial charge in [-0.15, -0.1) is 0 Å². The standard InChI is InChI=1S/C17H26F2N2O2/c1-3-22-16-10-13(7-8-15(16)23-17(18)19)11-21-9-5-4-6-14(21)12(2)20/h7-8,10,12,14,17H,3-6,9,11,20H2,1-2H3. The van der Waals surface area contributed by atoms with Gasteiger partial charge < -0.3 is 15.2 Å². The second kappa shape index (κ2) is 8.45. The Morgan fingerprint density at radius 3 is 2.74 bits per heavy atom. The van der Waals surface area contributed by atoms with E-state index in [0.717, 1.165) is 31.5 Å². The first-order valence-corrected chi connectivity index (χ1v) is 8.21. The van der Waals surface area contributed by atoms with Crippen LogP contribution in [0.25, 0.3) is 0 Å². The number of benzene rings is 1. The third-order valence-corrected chi connectivity index (χ3v) is 4.18. The van der Waals surface area contributed by atoms with Crippen molar-refractivity contribution >= 4 is 0 Å². The molecule has 2 rings (SSSR count). The molecule has 1 aromatic carbocycles. The minimum absolute atomic E-state index is 0.0768. The molecule has 0 radical (unpaired) electrons. The fraction of sp³-hybridized carbons (Fsp3) is 0.647. The Balaban J connectivity index is 2.14. The van der Waals surface area contributed by atoms with Crippen LogP contribution in [0.5, 0.6) is 11.5 Å². The molecule has 2 unspecified atom stereocenters. The highest BCUT2D eigenvalue weighted by Gasteiger charge is 2.25. The maximum Gasteiger partial charge on any atom is 0.387 e. The van der Waals surface area contributed by atoms with E-state index in [1.807, 2.05) is 19.9 Å². The molecular formula is C17H26F2N2O2. The first-order valence-electron chi connectivity index (χ1n) is 8.21. The molecular weight excluding hydrogens is 302 g/mol. The van der Waals surface area contributed by atoms with Crippen molar-refractivity contribution in [2.24, 2.45) is 5.73 Å². The Labute approximate surface area is 136 Å². The molecule has 6 heteroatoms. The fourth-order valence-corrected chi connectivity index (χ4v) is 3.16. The normalized spacial score (nSPS) is 20.5. The maximum absolute atomic E-state index is 12.5. The van der Waals surface area contributed by atoms with Crippen molar-refractivity contribution in [3.8, 4) is 11.5 Å². The van der Waals surface area contributed by atoms with E-state index in [0.29, 0.717) is 18.4 Å². The SMILES string of the molecule is CCOc1cc(CN2CCCCC2C(C)N)ccc1OC(F)F. The number of piperidine rings is 1. The molecule has 1 heterocycles. The quantitative estimate of drug-likeness (QED) is 0.833. The van der Waals surface area contributed by atoms with Crippen molar-refractivity contribution < 1.29 is 18.3 Å². The number of halogens is 2. The van der Waals surface area contributed by atoms with Crippen LogP contribution < -0.4 is 15.2 Å². The van der Waals surface area contributed by atoms with Gasteiger partial charge in [0.25, 0.3) is 0 Å². The number of hydrogen-bond donors (Lipinski definition) is 1. The highest BCUT2D eigenvalue weighted by atomic mass is 19.3. The summed E-state index contributed by atoms with van der Waals surface area (Å²) in [6.45, 7) is 3.13. The summed E-state index contributed by atoms with van der Waals surface area (Å²) in [4.78, 5) is 2.37. The Hall–Kier alpha value is -1.40. The average Bonchev–Trinajstić information content (AvgIpc) is 2.50. The topological polar surface area (TPSA) is 47.7 Å². The molecule has 130 valence electrons. The number of alkyl halides is 2. The van der Waals surface area contributed by atoms with Gasteiger partial charge >= 0.3 is 6.61 Å². The lowest BCUT2D eigenvalue weighted by molar-refractivity contribution is -0.0514. The van der Waals surface area contributed by atoms with E-state index < -0.39 is 6.61 Å². The minimum Gasteiger partial charge on any atom is -0.490 e. The van der Waals surface area contributed by atoms with Gasteiger partial charge in [0.2, 0.25) is 0 Å². The van der Waals surface area contributed by atoms with E-state index in [9.17, 15) is 8.78 Å². The predicted molar refractivity (Wildman–Crippen MR) is 85.9 cm³/mol. The van der Waals surface area contributed by atoms with Crippen LogP contribution in [-0.2, 0) is 6.54 Å². The van der Waals surface area contributed by atoms with E-state index in [4.69, 9.17) is 10.5 Å². The van der Waals surface area contributed by atoms with Gasteiger partial charge in [-0.05, 0) is 50.9 Å². The second-order valence-electron chi connectivity index (χ2n) is 5.99. The Bertz CT molecular complexity index is 497. The van der Waals surface area contributed by atoms with Gasteiger partial charge in [-0.3, -0.25) is 4.90 Å². The van der Waals surface area contributed by atoms with E-state index in [-0.39, 0.29) is 11.8 Å². The summed E-state index contributed by atoms with van der Waals surface area (Å²) < 4.78 is 34.9. The number of hydrogen-bond acceptors (Lipinski definition) is 4. The average molecular weight is 328 g/mol. The lowest BCUT2D eigenvalue weighted by Crippen LogP contribution is -2.48. The van der Waals surface area contributed by atoms with Crippen molar-refractivity contribution in [3.63, 3.8) is 0 Å². The Morgan fingerprint density at radius 1 is 1.30 bits per heavy atom. The lowest BCUT2D eigenvalue weighted by Gasteiger charge is -2.38.